The third kappa shape index (κ3) is 4.28. The SMILES string of the molecule is CCN1CCCC1CNC(C)c1ccc(S(C)(=O)=O)cc1. The molecular weight excluding hydrogens is 284 g/mol. The average molecular weight is 310 g/mol. The van der Waals surface area contributed by atoms with Crippen LogP contribution in [0.1, 0.15) is 38.3 Å². The van der Waals surface area contributed by atoms with E-state index >= 15 is 0 Å². The smallest absolute Gasteiger partial charge is 0.175 e. The second-order valence-corrected chi connectivity index (χ2v) is 7.91. The molecule has 1 heterocycles. The van der Waals surface area contributed by atoms with Gasteiger partial charge in [0.1, 0.15) is 0 Å². The first kappa shape index (κ1) is 16.5. The van der Waals surface area contributed by atoms with Crippen molar-refractivity contribution in [3.8, 4) is 0 Å². The van der Waals surface area contributed by atoms with E-state index in [1.54, 1.807) is 12.1 Å². The van der Waals surface area contributed by atoms with Gasteiger partial charge in [-0.1, -0.05) is 19.1 Å². The van der Waals surface area contributed by atoms with Gasteiger partial charge in [0.25, 0.3) is 0 Å². The summed E-state index contributed by atoms with van der Waals surface area (Å²) >= 11 is 0. The van der Waals surface area contributed by atoms with Crippen molar-refractivity contribution >= 4 is 9.84 Å². The Balaban J connectivity index is 1.93. The first-order valence-electron chi connectivity index (χ1n) is 7.69. The maximum atomic E-state index is 11.5. The van der Waals surface area contributed by atoms with Gasteiger partial charge in [0.05, 0.1) is 4.90 Å². The number of hydrogen-bond donors (Lipinski definition) is 1. The van der Waals surface area contributed by atoms with Crippen molar-refractivity contribution in [1.82, 2.24) is 10.2 Å². The fourth-order valence-corrected chi connectivity index (χ4v) is 3.61. The molecule has 4 nitrogen and oxygen atoms in total. The van der Waals surface area contributed by atoms with Crippen molar-refractivity contribution in [2.75, 3.05) is 25.9 Å². The number of likely N-dealkylation sites (tertiary alicyclic amines) is 1. The quantitative estimate of drug-likeness (QED) is 0.875. The zero-order chi connectivity index (χ0) is 15.5. The van der Waals surface area contributed by atoms with E-state index in [-0.39, 0.29) is 6.04 Å². The largest absolute Gasteiger partial charge is 0.309 e. The number of hydrogen-bond acceptors (Lipinski definition) is 4. The van der Waals surface area contributed by atoms with E-state index < -0.39 is 9.84 Å². The van der Waals surface area contributed by atoms with Crippen LogP contribution in [0.15, 0.2) is 29.2 Å². The molecule has 0 saturated carbocycles. The van der Waals surface area contributed by atoms with Crippen LogP contribution in [-0.4, -0.2) is 45.2 Å². The van der Waals surface area contributed by atoms with Gasteiger partial charge >= 0.3 is 0 Å². The minimum Gasteiger partial charge on any atom is -0.309 e. The molecule has 2 unspecified atom stereocenters. The second-order valence-electron chi connectivity index (χ2n) is 5.90. The third-order valence-corrected chi connectivity index (χ3v) is 5.50. The average Bonchev–Trinajstić information content (AvgIpc) is 2.91. The molecule has 0 aliphatic carbocycles. The first-order chi connectivity index (χ1) is 9.91. The highest BCUT2D eigenvalue weighted by molar-refractivity contribution is 7.90. The Morgan fingerprint density at radius 1 is 1.33 bits per heavy atom. The van der Waals surface area contributed by atoms with E-state index in [1.807, 2.05) is 12.1 Å². The highest BCUT2D eigenvalue weighted by atomic mass is 32.2. The maximum Gasteiger partial charge on any atom is 0.175 e. The number of likely N-dealkylation sites (N-methyl/N-ethyl adjacent to an activating group) is 1. The molecule has 0 bridgehead atoms. The van der Waals surface area contributed by atoms with Crippen LogP contribution >= 0.6 is 0 Å². The lowest BCUT2D eigenvalue weighted by Gasteiger charge is -2.25. The van der Waals surface area contributed by atoms with Crippen LogP contribution in [0.3, 0.4) is 0 Å². The molecule has 1 aromatic carbocycles. The Kier molecular flexibility index (Phi) is 5.41. The van der Waals surface area contributed by atoms with Crippen molar-refractivity contribution in [3.63, 3.8) is 0 Å². The molecule has 2 atom stereocenters. The Bertz CT molecular complexity index is 554. The Hall–Kier alpha value is -0.910. The second kappa shape index (κ2) is 6.90. The Labute approximate surface area is 128 Å². The van der Waals surface area contributed by atoms with Crippen molar-refractivity contribution in [2.24, 2.45) is 0 Å². The Morgan fingerprint density at radius 2 is 2.00 bits per heavy atom. The van der Waals surface area contributed by atoms with Gasteiger partial charge in [0, 0.05) is 24.9 Å². The molecule has 1 aromatic rings. The fraction of sp³-hybridized carbons (Fsp3) is 0.625. The molecule has 0 radical (unpaired) electrons. The summed E-state index contributed by atoms with van der Waals surface area (Å²) in [5.41, 5.74) is 1.13. The zero-order valence-electron chi connectivity index (χ0n) is 13.2. The van der Waals surface area contributed by atoms with E-state index in [9.17, 15) is 8.42 Å². The highest BCUT2D eigenvalue weighted by Gasteiger charge is 2.23. The van der Waals surface area contributed by atoms with E-state index in [2.05, 4.69) is 24.1 Å². The predicted octanol–water partition coefficient (Wildman–Crippen LogP) is 2.22. The van der Waals surface area contributed by atoms with Crippen LogP contribution in [0.4, 0.5) is 0 Å². The van der Waals surface area contributed by atoms with E-state index in [0.29, 0.717) is 10.9 Å². The van der Waals surface area contributed by atoms with E-state index in [4.69, 9.17) is 0 Å². The van der Waals surface area contributed by atoms with Crippen molar-refractivity contribution in [1.29, 1.82) is 0 Å². The number of sulfone groups is 1. The summed E-state index contributed by atoms with van der Waals surface area (Å²) in [6, 6.07) is 8.05. The monoisotopic (exact) mass is 310 g/mol. The minimum atomic E-state index is -3.11. The zero-order valence-corrected chi connectivity index (χ0v) is 14.0. The fourth-order valence-electron chi connectivity index (χ4n) is 2.98. The van der Waals surface area contributed by atoms with Crippen LogP contribution in [0.25, 0.3) is 0 Å². The number of nitrogens with zero attached hydrogens (tertiary/aromatic N) is 1. The predicted molar refractivity (Wildman–Crippen MR) is 86.2 cm³/mol. The molecule has 1 saturated heterocycles. The summed E-state index contributed by atoms with van der Waals surface area (Å²) in [6.45, 7) is 7.65. The van der Waals surface area contributed by atoms with Gasteiger partial charge in [0.2, 0.25) is 0 Å². The molecule has 5 heteroatoms. The first-order valence-corrected chi connectivity index (χ1v) is 9.58. The third-order valence-electron chi connectivity index (χ3n) is 4.37. The van der Waals surface area contributed by atoms with Gasteiger partial charge in [-0.15, -0.1) is 0 Å². The van der Waals surface area contributed by atoms with Crippen LogP contribution in [-0.2, 0) is 9.84 Å². The van der Waals surface area contributed by atoms with Gasteiger partial charge in [-0.25, -0.2) is 8.42 Å². The lowest BCUT2D eigenvalue weighted by Crippen LogP contribution is -2.38. The number of rotatable bonds is 6. The van der Waals surface area contributed by atoms with Crippen molar-refractivity contribution in [2.45, 2.75) is 43.7 Å². The van der Waals surface area contributed by atoms with Gasteiger partial charge < -0.3 is 5.32 Å². The van der Waals surface area contributed by atoms with Gasteiger partial charge in [0.15, 0.2) is 9.84 Å². The molecular formula is C16H26N2O2S. The molecule has 1 aliphatic rings. The normalized spacial score (nSPS) is 21.6. The highest BCUT2D eigenvalue weighted by Crippen LogP contribution is 2.19. The molecule has 1 fully saturated rings. The molecule has 0 spiro atoms. The van der Waals surface area contributed by atoms with E-state index in [0.717, 1.165) is 18.7 Å². The summed E-state index contributed by atoms with van der Waals surface area (Å²) in [7, 11) is -3.11. The lowest BCUT2D eigenvalue weighted by molar-refractivity contribution is 0.255. The minimum absolute atomic E-state index is 0.234. The van der Waals surface area contributed by atoms with Gasteiger partial charge in [-0.2, -0.15) is 0 Å². The molecule has 1 aliphatic heterocycles. The summed E-state index contributed by atoms with van der Waals surface area (Å²) in [5, 5.41) is 3.57. The van der Waals surface area contributed by atoms with Crippen molar-refractivity contribution < 1.29 is 8.42 Å². The van der Waals surface area contributed by atoms with Crippen LogP contribution in [0, 0.1) is 0 Å². The lowest BCUT2D eigenvalue weighted by atomic mass is 10.1. The van der Waals surface area contributed by atoms with E-state index in [1.165, 1.54) is 25.6 Å². The number of nitrogens with one attached hydrogen (secondary N) is 1. The van der Waals surface area contributed by atoms with Crippen LogP contribution in [0.5, 0.6) is 0 Å². The summed E-state index contributed by atoms with van der Waals surface area (Å²) < 4.78 is 22.9. The summed E-state index contributed by atoms with van der Waals surface area (Å²) in [5.74, 6) is 0. The molecule has 0 aromatic heterocycles. The summed E-state index contributed by atoms with van der Waals surface area (Å²) in [6.07, 6.45) is 3.79. The molecule has 2 rings (SSSR count). The summed E-state index contributed by atoms with van der Waals surface area (Å²) in [4.78, 5) is 2.90. The Morgan fingerprint density at radius 3 is 2.57 bits per heavy atom. The van der Waals surface area contributed by atoms with Gasteiger partial charge in [-0.05, 0) is 50.6 Å². The number of benzene rings is 1. The molecule has 1 N–H and O–H groups in total. The maximum absolute atomic E-state index is 11.5. The topological polar surface area (TPSA) is 49.4 Å². The molecule has 0 amide bonds. The van der Waals surface area contributed by atoms with Crippen LogP contribution in [0.2, 0.25) is 0 Å². The van der Waals surface area contributed by atoms with Crippen LogP contribution < -0.4 is 5.32 Å². The van der Waals surface area contributed by atoms with Crippen molar-refractivity contribution in [3.05, 3.63) is 29.8 Å². The molecule has 21 heavy (non-hydrogen) atoms. The standard InChI is InChI=1S/C16H26N2O2S/c1-4-18-11-5-6-15(18)12-17-13(2)14-7-9-16(10-8-14)21(3,19)20/h7-10,13,15,17H,4-6,11-12H2,1-3H3. The molecule has 118 valence electrons. The van der Waals surface area contributed by atoms with Gasteiger partial charge in [-0.3, -0.25) is 4.90 Å².